The van der Waals surface area contributed by atoms with Crippen LogP contribution >= 0.6 is 0 Å². The van der Waals surface area contributed by atoms with Crippen molar-refractivity contribution in [1.82, 2.24) is 4.90 Å². The molecule has 1 atom stereocenters. The highest BCUT2D eigenvalue weighted by atomic mass is 16.5. The molecule has 10 heavy (non-hydrogen) atoms. The van der Waals surface area contributed by atoms with E-state index in [1.165, 1.54) is 0 Å². The van der Waals surface area contributed by atoms with Crippen LogP contribution in [0.1, 0.15) is 27.2 Å². The zero-order chi connectivity index (χ0) is 7.78. The zero-order valence-corrected chi connectivity index (χ0v) is 7.35. The van der Waals surface area contributed by atoms with E-state index >= 15 is 0 Å². The summed E-state index contributed by atoms with van der Waals surface area (Å²) in [6.45, 7) is 7.37. The Morgan fingerprint density at radius 3 is 2.50 bits per heavy atom. The number of ether oxygens (including phenoxy) is 1. The Bertz CT molecular complexity index is 122. The van der Waals surface area contributed by atoms with Crippen LogP contribution in [0.3, 0.4) is 0 Å². The third-order valence-corrected chi connectivity index (χ3v) is 2.50. The van der Waals surface area contributed by atoms with E-state index in [1.54, 1.807) is 0 Å². The summed E-state index contributed by atoms with van der Waals surface area (Å²) < 4.78 is 5.57. The molecule has 1 saturated heterocycles. The maximum atomic E-state index is 5.57. The first kappa shape index (κ1) is 8.02. The maximum Gasteiger partial charge on any atom is 0.116 e. The fraction of sp³-hybridized carbons (Fsp3) is 1.00. The summed E-state index contributed by atoms with van der Waals surface area (Å²) >= 11 is 0. The molecule has 0 amide bonds. The van der Waals surface area contributed by atoms with E-state index in [2.05, 4.69) is 32.7 Å². The van der Waals surface area contributed by atoms with Gasteiger partial charge >= 0.3 is 0 Å². The van der Waals surface area contributed by atoms with Crippen LogP contribution in [0.15, 0.2) is 0 Å². The van der Waals surface area contributed by atoms with Gasteiger partial charge in [-0.1, -0.05) is 0 Å². The molecule has 0 saturated carbocycles. The highest BCUT2D eigenvalue weighted by Crippen LogP contribution is 2.23. The highest BCUT2D eigenvalue weighted by molar-refractivity contribution is 4.78. The Morgan fingerprint density at radius 2 is 2.10 bits per heavy atom. The Hall–Kier alpha value is -0.0800. The predicted octanol–water partition coefficient (Wildman–Crippen LogP) is 1.46. The van der Waals surface area contributed by atoms with E-state index in [0.29, 0.717) is 6.04 Å². The second-order valence-electron chi connectivity index (χ2n) is 3.54. The summed E-state index contributed by atoms with van der Waals surface area (Å²) in [5.41, 5.74) is -0.0579. The summed E-state index contributed by atoms with van der Waals surface area (Å²) in [4.78, 5) is 2.27. The lowest BCUT2D eigenvalue weighted by atomic mass is 10.1. The summed E-state index contributed by atoms with van der Waals surface area (Å²) in [6.07, 6.45) is 1.15. The first-order valence-electron chi connectivity index (χ1n) is 3.91. The molecule has 2 nitrogen and oxygen atoms in total. The number of nitrogens with zero attached hydrogens (tertiary/aromatic N) is 1. The van der Waals surface area contributed by atoms with Gasteiger partial charge in [0, 0.05) is 6.04 Å². The fourth-order valence-corrected chi connectivity index (χ4v) is 1.31. The van der Waals surface area contributed by atoms with Crippen LogP contribution in [0.2, 0.25) is 0 Å². The van der Waals surface area contributed by atoms with E-state index in [4.69, 9.17) is 4.74 Å². The van der Waals surface area contributed by atoms with Gasteiger partial charge < -0.3 is 4.74 Å². The Kier molecular flexibility index (Phi) is 2.02. The van der Waals surface area contributed by atoms with Crippen LogP contribution in [-0.4, -0.2) is 30.3 Å². The largest absolute Gasteiger partial charge is 0.361 e. The Labute approximate surface area is 63.2 Å². The normalized spacial score (nSPS) is 34.2. The van der Waals surface area contributed by atoms with Gasteiger partial charge in [-0.2, -0.15) is 0 Å². The first-order chi connectivity index (χ1) is 4.54. The fourth-order valence-electron chi connectivity index (χ4n) is 1.31. The van der Waals surface area contributed by atoms with Gasteiger partial charge in [0.05, 0.1) is 6.61 Å². The van der Waals surface area contributed by atoms with E-state index in [-0.39, 0.29) is 5.72 Å². The highest BCUT2D eigenvalue weighted by Gasteiger charge is 2.31. The maximum absolute atomic E-state index is 5.57. The lowest BCUT2D eigenvalue weighted by Gasteiger charge is -2.43. The molecule has 1 rings (SSSR count). The summed E-state index contributed by atoms with van der Waals surface area (Å²) in [5, 5.41) is 0. The van der Waals surface area contributed by atoms with Gasteiger partial charge in [-0.15, -0.1) is 0 Å². The van der Waals surface area contributed by atoms with Crippen molar-refractivity contribution in [3.63, 3.8) is 0 Å². The van der Waals surface area contributed by atoms with Gasteiger partial charge in [-0.05, 0) is 34.2 Å². The molecule has 1 aliphatic heterocycles. The molecule has 2 heteroatoms. The minimum Gasteiger partial charge on any atom is -0.361 e. The predicted molar refractivity (Wildman–Crippen MR) is 41.9 cm³/mol. The lowest BCUT2D eigenvalue weighted by Crippen LogP contribution is -2.52. The average molecular weight is 143 g/mol. The van der Waals surface area contributed by atoms with Crippen LogP contribution in [0.4, 0.5) is 0 Å². The monoisotopic (exact) mass is 143 g/mol. The molecule has 0 spiro atoms. The van der Waals surface area contributed by atoms with Crippen LogP contribution in [0.25, 0.3) is 0 Å². The third-order valence-electron chi connectivity index (χ3n) is 2.50. The Morgan fingerprint density at radius 1 is 1.50 bits per heavy atom. The van der Waals surface area contributed by atoms with Crippen LogP contribution in [0, 0.1) is 0 Å². The van der Waals surface area contributed by atoms with Crippen molar-refractivity contribution >= 4 is 0 Å². The standard InChI is InChI=1S/C8H17NO/c1-7-5-6-10-8(2,3)9(7)4/h7H,5-6H2,1-4H3/t7-/m1/s1. The molecule has 1 heterocycles. The van der Waals surface area contributed by atoms with Gasteiger partial charge in [0.25, 0.3) is 0 Å². The van der Waals surface area contributed by atoms with Crippen molar-refractivity contribution in [3.05, 3.63) is 0 Å². The van der Waals surface area contributed by atoms with E-state index in [0.717, 1.165) is 13.0 Å². The smallest absolute Gasteiger partial charge is 0.116 e. The SMILES string of the molecule is C[C@@H]1CCOC(C)(C)N1C. The van der Waals surface area contributed by atoms with Crippen LogP contribution in [0.5, 0.6) is 0 Å². The molecule has 1 fully saturated rings. The molecule has 60 valence electrons. The third kappa shape index (κ3) is 1.32. The summed E-state index contributed by atoms with van der Waals surface area (Å²) in [5.74, 6) is 0. The van der Waals surface area contributed by atoms with Crippen molar-refractivity contribution in [2.45, 2.75) is 39.0 Å². The molecule has 0 aliphatic carbocycles. The van der Waals surface area contributed by atoms with Crippen molar-refractivity contribution in [2.24, 2.45) is 0 Å². The quantitative estimate of drug-likeness (QED) is 0.509. The minimum atomic E-state index is -0.0579. The van der Waals surface area contributed by atoms with E-state index in [1.807, 2.05) is 0 Å². The van der Waals surface area contributed by atoms with Crippen molar-refractivity contribution in [2.75, 3.05) is 13.7 Å². The van der Waals surface area contributed by atoms with E-state index in [9.17, 15) is 0 Å². The molecule has 0 bridgehead atoms. The first-order valence-corrected chi connectivity index (χ1v) is 3.91. The molecule has 0 aromatic heterocycles. The van der Waals surface area contributed by atoms with E-state index < -0.39 is 0 Å². The van der Waals surface area contributed by atoms with Gasteiger partial charge in [0.1, 0.15) is 5.72 Å². The van der Waals surface area contributed by atoms with Gasteiger partial charge in [-0.25, -0.2) is 0 Å². The van der Waals surface area contributed by atoms with Crippen LogP contribution in [-0.2, 0) is 4.74 Å². The lowest BCUT2D eigenvalue weighted by molar-refractivity contribution is -0.171. The number of hydrogen-bond donors (Lipinski definition) is 0. The molecular formula is C8H17NO. The zero-order valence-electron chi connectivity index (χ0n) is 7.35. The van der Waals surface area contributed by atoms with Gasteiger partial charge in [0.15, 0.2) is 0 Å². The molecule has 1 aliphatic rings. The second-order valence-corrected chi connectivity index (χ2v) is 3.54. The summed E-state index contributed by atoms with van der Waals surface area (Å²) in [6, 6.07) is 0.656. The minimum absolute atomic E-state index is 0.0579. The van der Waals surface area contributed by atoms with Gasteiger partial charge in [-0.3, -0.25) is 4.90 Å². The van der Waals surface area contributed by atoms with Crippen molar-refractivity contribution in [3.8, 4) is 0 Å². The van der Waals surface area contributed by atoms with Crippen molar-refractivity contribution in [1.29, 1.82) is 0 Å². The molecule has 0 unspecified atom stereocenters. The van der Waals surface area contributed by atoms with Gasteiger partial charge in [0.2, 0.25) is 0 Å². The molecule has 0 radical (unpaired) electrons. The molecule has 0 aromatic carbocycles. The topological polar surface area (TPSA) is 12.5 Å². The molecule has 0 N–H and O–H groups in total. The van der Waals surface area contributed by atoms with Crippen LogP contribution < -0.4 is 0 Å². The summed E-state index contributed by atoms with van der Waals surface area (Å²) in [7, 11) is 2.11. The molecule has 0 aromatic rings. The number of hydrogen-bond acceptors (Lipinski definition) is 2. The Balaban J connectivity index is 2.60. The number of rotatable bonds is 0. The molecular weight excluding hydrogens is 126 g/mol. The second kappa shape index (κ2) is 2.51. The average Bonchev–Trinajstić information content (AvgIpc) is 1.83. The van der Waals surface area contributed by atoms with Crippen molar-refractivity contribution < 1.29 is 4.74 Å².